The molecule has 0 saturated carbocycles. The molecule has 6 nitrogen and oxygen atoms in total. The van der Waals surface area contributed by atoms with Gasteiger partial charge in [-0.1, -0.05) is 35.9 Å². The van der Waals surface area contributed by atoms with Crippen LogP contribution in [0, 0.1) is 0 Å². The number of carbonyl (C=O) groups is 1. The summed E-state index contributed by atoms with van der Waals surface area (Å²) >= 11 is 7.56. The first kappa shape index (κ1) is 22.9. The van der Waals surface area contributed by atoms with E-state index >= 15 is 0 Å². The van der Waals surface area contributed by atoms with Gasteiger partial charge in [0, 0.05) is 23.3 Å². The Hall–Kier alpha value is -3.29. The molecular weight excluding hydrogens is 458 g/mol. The summed E-state index contributed by atoms with van der Waals surface area (Å²) in [6.45, 7) is 2.78. The molecule has 1 aromatic heterocycles. The standard InChI is InChI=1S/C25H22ClN3O3S/c1-3-29-24(30)23(33-25(29)28-19-8-6-12-27-15-19)14-17-10-11-21(22(13-17)31-2)32-16-18-7-4-5-9-20(18)26/h4-15H,3,16H2,1-2H3/b23-14-,28-25?. The van der Waals surface area contributed by atoms with Crippen molar-refractivity contribution in [2.24, 2.45) is 4.99 Å². The molecular formula is C25H22ClN3O3S. The lowest BCUT2D eigenvalue weighted by molar-refractivity contribution is -0.122. The first-order valence-corrected chi connectivity index (χ1v) is 11.5. The third-order valence-corrected chi connectivity index (χ3v) is 6.28. The van der Waals surface area contributed by atoms with Gasteiger partial charge in [-0.2, -0.15) is 0 Å². The van der Waals surface area contributed by atoms with E-state index in [2.05, 4.69) is 9.98 Å². The highest BCUT2D eigenvalue weighted by Crippen LogP contribution is 2.36. The zero-order valence-corrected chi connectivity index (χ0v) is 19.8. The van der Waals surface area contributed by atoms with Crippen LogP contribution >= 0.6 is 23.4 Å². The van der Waals surface area contributed by atoms with Crippen LogP contribution in [0.25, 0.3) is 6.08 Å². The minimum Gasteiger partial charge on any atom is -0.493 e. The summed E-state index contributed by atoms with van der Waals surface area (Å²) in [4.78, 5) is 23.8. The minimum atomic E-state index is -0.0804. The van der Waals surface area contributed by atoms with E-state index in [1.165, 1.54) is 11.8 Å². The van der Waals surface area contributed by atoms with Crippen LogP contribution in [0.1, 0.15) is 18.1 Å². The number of methoxy groups -OCH3 is 1. The Morgan fingerprint density at radius 3 is 2.73 bits per heavy atom. The molecule has 8 heteroatoms. The Balaban J connectivity index is 1.55. The number of halogens is 1. The molecule has 2 heterocycles. The van der Waals surface area contributed by atoms with Gasteiger partial charge in [0.15, 0.2) is 16.7 Å². The van der Waals surface area contributed by atoms with E-state index in [4.69, 9.17) is 21.1 Å². The lowest BCUT2D eigenvalue weighted by atomic mass is 10.1. The first-order chi connectivity index (χ1) is 16.1. The van der Waals surface area contributed by atoms with E-state index in [-0.39, 0.29) is 5.91 Å². The molecule has 0 aliphatic carbocycles. The largest absolute Gasteiger partial charge is 0.493 e. The number of benzene rings is 2. The van der Waals surface area contributed by atoms with Gasteiger partial charge in [0.1, 0.15) is 6.61 Å². The van der Waals surface area contributed by atoms with Crippen molar-refractivity contribution in [2.45, 2.75) is 13.5 Å². The van der Waals surface area contributed by atoms with Crippen LogP contribution < -0.4 is 9.47 Å². The number of pyridine rings is 1. The topological polar surface area (TPSA) is 64.0 Å². The summed E-state index contributed by atoms with van der Waals surface area (Å²) < 4.78 is 11.4. The van der Waals surface area contributed by atoms with Crippen LogP contribution in [0.3, 0.4) is 0 Å². The zero-order chi connectivity index (χ0) is 23.2. The molecule has 1 aliphatic rings. The molecule has 168 valence electrons. The molecule has 4 rings (SSSR count). The summed E-state index contributed by atoms with van der Waals surface area (Å²) in [6, 6.07) is 16.8. The smallest absolute Gasteiger partial charge is 0.266 e. The molecule has 33 heavy (non-hydrogen) atoms. The molecule has 1 saturated heterocycles. The molecule has 1 fully saturated rings. The molecule has 0 radical (unpaired) electrons. The molecule has 0 bridgehead atoms. The highest BCUT2D eigenvalue weighted by Gasteiger charge is 2.32. The minimum absolute atomic E-state index is 0.0804. The molecule has 0 spiro atoms. The van der Waals surface area contributed by atoms with E-state index in [9.17, 15) is 4.79 Å². The van der Waals surface area contributed by atoms with Crippen molar-refractivity contribution >= 4 is 46.2 Å². The summed E-state index contributed by atoms with van der Waals surface area (Å²) in [7, 11) is 1.58. The van der Waals surface area contributed by atoms with Crippen molar-refractivity contribution in [3.05, 3.63) is 88.0 Å². The average Bonchev–Trinajstić information content (AvgIpc) is 3.13. The highest BCUT2D eigenvalue weighted by atomic mass is 35.5. The van der Waals surface area contributed by atoms with Gasteiger partial charge in [0.05, 0.1) is 23.9 Å². The Morgan fingerprint density at radius 2 is 2.00 bits per heavy atom. The fourth-order valence-electron chi connectivity index (χ4n) is 3.22. The summed E-state index contributed by atoms with van der Waals surface area (Å²) in [5.41, 5.74) is 2.42. The lowest BCUT2D eigenvalue weighted by Gasteiger charge is -2.12. The SMILES string of the molecule is CCN1C(=O)/C(=C/c2ccc(OCc3ccccc3Cl)c(OC)c2)SC1=Nc1cccnc1. The van der Waals surface area contributed by atoms with E-state index in [1.54, 1.807) is 24.4 Å². The third kappa shape index (κ3) is 5.38. The molecule has 3 aromatic rings. The van der Waals surface area contributed by atoms with Crippen molar-refractivity contribution in [2.75, 3.05) is 13.7 Å². The van der Waals surface area contributed by atoms with Crippen molar-refractivity contribution in [3.8, 4) is 11.5 Å². The summed E-state index contributed by atoms with van der Waals surface area (Å²) in [5.74, 6) is 1.09. The summed E-state index contributed by atoms with van der Waals surface area (Å²) in [6.07, 6.45) is 5.19. The molecule has 0 unspecified atom stereocenters. The van der Waals surface area contributed by atoms with Crippen LogP contribution in [-0.4, -0.2) is 34.6 Å². The number of ether oxygens (including phenoxy) is 2. The highest BCUT2D eigenvalue weighted by molar-refractivity contribution is 8.18. The lowest BCUT2D eigenvalue weighted by Crippen LogP contribution is -2.28. The second-order valence-electron chi connectivity index (χ2n) is 7.06. The van der Waals surface area contributed by atoms with Crippen LogP contribution in [0.15, 0.2) is 76.9 Å². The Bertz CT molecular complexity index is 1210. The van der Waals surface area contributed by atoms with Gasteiger partial charge in [-0.25, -0.2) is 4.99 Å². The fraction of sp³-hybridized carbons (Fsp3) is 0.160. The number of nitrogens with zero attached hydrogens (tertiary/aromatic N) is 3. The van der Waals surface area contributed by atoms with Crippen molar-refractivity contribution in [1.29, 1.82) is 0 Å². The maximum atomic E-state index is 12.9. The van der Waals surface area contributed by atoms with Gasteiger partial charge < -0.3 is 9.47 Å². The van der Waals surface area contributed by atoms with E-state index in [1.807, 2.05) is 67.6 Å². The molecule has 2 aromatic carbocycles. The maximum Gasteiger partial charge on any atom is 0.266 e. The van der Waals surface area contributed by atoms with E-state index < -0.39 is 0 Å². The van der Waals surface area contributed by atoms with Crippen LogP contribution in [0.5, 0.6) is 11.5 Å². The van der Waals surface area contributed by atoms with Gasteiger partial charge in [-0.15, -0.1) is 0 Å². The summed E-state index contributed by atoms with van der Waals surface area (Å²) in [5, 5.41) is 1.28. The predicted octanol–water partition coefficient (Wildman–Crippen LogP) is 5.95. The number of thioether (sulfide) groups is 1. The number of hydrogen-bond donors (Lipinski definition) is 0. The van der Waals surface area contributed by atoms with E-state index in [0.29, 0.717) is 45.4 Å². The molecule has 1 aliphatic heterocycles. The first-order valence-electron chi connectivity index (χ1n) is 10.3. The van der Waals surface area contributed by atoms with Crippen LogP contribution in [0.4, 0.5) is 5.69 Å². The number of aromatic nitrogens is 1. The number of aliphatic imine (C=N–C) groups is 1. The fourth-order valence-corrected chi connectivity index (χ4v) is 4.47. The molecule has 1 amide bonds. The third-order valence-electron chi connectivity index (χ3n) is 4.90. The van der Waals surface area contributed by atoms with Gasteiger partial charge >= 0.3 is 0 Å². The van der Waals surface area contributed by atoms with Gasteiger partial charge in [-0.3, -0.25) is 14.7 Å². The van der Waals surface area contributed by atoms with Crippen molar-refractivity contribution < 1.29 is 14.3 Å². The Kier molecular flexibility index (Phi) is 7.32. The van der Waals surface area contributed by atoms with Gasteiger partial charge in [0.25, 0.3) is 5.91 Å². The second-order valence-corrected chi connectivity index (χ2v) is 8.47. The molecule has 0 N–H and O–H groups in total. The van der Waals surface area contributed by atoms with Crippen LogP contribution in [0.2, 0.25) is 5.02 Å². The normalized spacial score (nSPS) is 16.0. The Morgan fingerprint density at radius 1 is 1.15 bits per heavy atom. The zero-order valence-electron chi connectivity index (χ0n) is 18.2. The van der Waals surface area contributed by atoms with E-state index in [0.717, 1.165) is 11.1 Å². The number of amides is 1. The maximum absolute atomic E-state index is 12.9. The Labute approximate surface area is 201 Å². The average molecular weight is 480 g/mol. The predicted molar refractivity (Wildman–Crippen MR) is 133 cm³/mol. The number of carbonyl (C=O) groups excluding carboxylic acids is 1. The quantitative estimate of drug-likeness (QED) is 0.392. The number of amidine groups is 1. The van der Waals surface area contributed by atoms with Crippen LogP contribution in [-0.2, 0) is 11.4 Å². The van der Waals surface area contributed by atoms with Gasteiger partial charge in [0.2, 0.25) is 0 Å². The second kappa shape index (κ2) is 10.6. The van der Waals surface area contributed by atoms with Crippen molar-refractivity contribution in [1.82, 2.24) is 9.88 Å². The number of hydrogen-bond acceptors (Lipinski definition) is 6. The number of likely N-dealkylation sites (N-methyl/N-ethyl adjacent to an activating group) is 1. The molecule has 0 atom stereocenters. The van der Waals surface area contributed by atoms with Gasteiger partial charge in [-0.05, 0) is 60.7 Å². The van der Waals surface area contributed by atoms with Crippen molar-refractivity contribution in [3.63, 3.8) is 0 Å². The number of rotatable bonds is 7. The monoisotopic (exact) mass is 479 g/mol.